The van der Waals surface area contributed by atoms with Crippen molar-refractivity contribution in [1.29, 1.82) is 0 Å². The molecule has 1 saturated heterocycles. The van der Waals surface area contributed by atoms with Gasteiger partial charge in [0.05, 0.1) is 12.2 Å². The third kappa shape index (κ3) is 4.17. The molecule has 3 nitrogen and oxygen atoms in total. The molecule has 0 spiro atoms. The predicted molar refractivity (Wildman–Crippen MR) is 78.0 cm³/mol. The van der Waals surface area contributed by atoms with E-state index in [9.17, 15) is 10.2 Å². The number of piperidine rings is 1. The fourth-order valence-electron chi connectivity index (χ4n) is 3.86. The van der Waals surface area contributed by atoms with Crippen molar-refractivity contribution in [3.63, 3.8) is 0 Å². The second-order valence-corrected chi connectivity index (χ2v) is 7.61. The van der Waals surface area contributed by atoms with Crippen molar-refractivity contribution in [3.8, 4) is 0 Å². The molecule has 3 heteroatoms. The number of aliphatic hydroxyl groups excluding tert-OH is 2. The molecule has 2 aliphatic rings. The van der Waals surface area contributed by atoms with Crippen molar-refractivity contribution >= 4 is 0 Å². The monoisotopic (exact) mass is 269 g/mol. The van der Waals surface area contributed by atoms with E-state index in [2.05, 4.69) is 18.7 Å². The van der Waals surface area contributed by atoms with E-state index in [4.69, 9.17) is 0 Å². The quantitative estimate of drug-likeness (QED) is 0.826. The number of aliphatic hydroxyl groups is 2. The summed E-state index contributed by atoms with van der Waals surface area (Å²) >= 11 is 0. The van der Waals surface area contributed by atoms with Gasteiger partial charge in [-0.05, 0) is 69.4 Å². The summed E-state index contributed by atoms with van der Waals surface area (Å²) in [5.41, 5.74) is 0.391. The van der Waals surface area contributed by atoms with Crippen molar-refractivity contribution < 1.29 is 10.2 Å². The summed E-state index contributed by atoms with van der Waals surface area (Å²) in [6.07, 6.45) is 5.18. The molecule has 3 unspecified atom stereocenters. The van der Waals surface area contributed by atoms with Gasteiger partial charge in [0, 0.05) is 6.54 Å². The van der Waals surface area contributed by atoms with Crippen LogP contribution < -0.4 is 0 Å². The molecule has 0 aromatic carbocycles. The van der Waals surface area contributed by atoms with Gasteiger partial charge in [0.1, 0.15) is 0 Å². The molecule has 1 saturated carbocycles. The fraction of sp³-hybridized carbons (Fsp3) is 1.00. The minimum Gasteiger partial charge on any atom is -0.393 e. The molecular weight excluding hydrogens is 238 g/mol. The van der Waals surface area contributed by atoms with Gasteiger partial charge in [0.2, 0.25) is 0 Å². The summed E-state index contributed by atoms with van der Waals surface area (Å²) in [6, 6.07) is 0. The number of hydrogen-bond donors (Lipinski definition) is 2. The zero-order valence-electron chi connectivity index (χ0n) is 12.8. The fourth-order valence-corrected chi connectivity index (χ4v) is 3.86. The molecule has 1 aliphatic heterocycles. The Morgan fingerprint density at radius 2 is 1.84 bits per heavy atom. The minimum atomic E-state index is -0.165. The Kier molecular flexibility index (Phi) is 4.91. The lowest BCUT2D eigenvalue weighted by Gasteiger charge is -2.42. The Morgan fingerprint density at radius 3 is 2.42 bits per heavy atom. The first-order valence-electron chi connectivity index (χ1n) is 7.96. The highest BCUT2D eigenvalue weighted by Crippen LogP contribution is 2.39. The highest BCUT2D eigenvalue weighted by molar-refractivity contribution is 4.87. The molecule has 2 rings (SSSR count). The van der Waals surface area contributed by atoms with E-state index >= 15 is 0 Å². The third-order valence-corrected chi connectivity index (χ3v) is 5.28. The van der Waals surface area contributed by atoms with Crippen molar-refractivity contribution in [2.45, 2.75) is 65.1 Å². The van der Waals surface area contributed by atoms with Gasteiger partial charge < -0.3 is 15.1 Å². The summed E-state index contributed by atoms with van der Waals surface area (Å²) in [5, 5.41) is 19.8. The van der Waals surface area contributed by atoms with Crippen LogP contribution >= 0.6 is 0 Å². The molecule has 0 aromatic heterocycles. The molecule has 0 aromatic rings. The van der Waals surface area contributed by atoms with Gasteiger partial charge in [-0.3, -0.25) is 0 Å². The molecule has 0 bridgehead atoms. The van der Waals surface area contributed by atoms with Crippen LogP contribution in [0.2, 0.25) is 0 Å². The van der Waals surface area contributed by atoms with Gasteiger partial charge in [0.15, 0.2) is 0 Å². The molecule has 19 heavy (non-hydrogen) atoms. The first kappa shape index (κ1) is 15.3. The lowest BCUT2D eigenvalue weighted by atomic mass is 9.70. The molecule has 1 aliphatic carbocycles. The van der Waals surface area contributed by atoms with Crippen LogP contribution in [0, 0.1) is 17.3 Å². The maximum Gasteiger partial charge on any atom is 0.0581 e. The van der Waals surface area contributed by atoms with E-state index in [1.54, 1.807) is 0 Å². The maximum atomic E-state index is 10.2. The molecule has 112 valence electrons. The van der Waals surface area contributed by atoms with E-state index in [-0.39, 0.29) is 12.2 Å². The van der Waals surface area contributed by atoms with Crippen molar-refractivity contribution in [3.05, 3.63) is 0 Å². The first-order valence-corrected chi connectivity index (χ1v) is 7.96. The number of hydrogen-bond acceptors (Lipinski definition) is 3. The van der Waals surface area contributed by atoms with Crippen molar-refractivity contribution in [2.24, 2.45) is 17.3 Å². The summed E-state index contributed by atoms with van der Waals surface area (Å²) in [4.78, 5) is 2.49. The Bertz CT molecular complexity index is 282. The molecule has 2 fully saturated rings. The van der Waals surface area contributed by atoms with Crippen LogP contribution in [-0.4, -0.2) is 47.0 Å². The smallest absolute Gasteiger partial charge is 0.0581 e. The zero-order chi connectivity index (χ0) is 14.0. The summed E-state index contributed by atoms with van der Waals surface area (Å²) < 4.78 is 0. The van der Waals surface area contributed by atoms with Crippen molar-refractivity contribution in [1.82, 2.24) is 4.90 Å². The Morgan fingerprint density at radius 1 is 1.21 bits per heavy atom. The van der Waals surface area contributed by atoms with E-state index in [0.29, 0.717) is 17.3 Å². The first-order chi connectivity index (χ1) is 8.87. The van der Waals surface area contributed by atoms with Gasteiger partial charge in [-0.15, -0.1) is 0 Å². The summed E-state index contributed by atoms with van der Waals surface area (Å²) in [6.45, 7) is 9.76. The molecule has 0 amide bonds. The SMILES string of the molecule is CC(O)C1CCN(CC2CC(C)(C)CCC2O)CC1. The van der Waals surface area contributed by atoms with Gasteiger partial charge in [-0.1, -0.05) is 13.8 Å². The second kappa shape index (κ2) is 6.11. The van der Waals surface area contributed by atoms with Gasteiger partial charge in [-0.2, -0.15) is 0 Å². The molecular formula is C16H31NO2. The second-order valence-electron chi connectivity index (χ2n) is 7.61. The van der Waals surface area contributed by atoms with Crippen LogP contribution in [0.15, 0.2) is 0 Å². The lowest BCUT2D eigenvalue weighted by molar-refractivity contribution is -0.00611. The predicted octanol–water partition coefficient (Wildman–Crippen LogP) is 2.27. The highest BCUT2D eigenvalue weighted by Gasteiger charge is 2.35. The number of nitrogens with zero attached hydrogens (tertiary/aromatic N) is 1. The van der Waals surface area contributed by atoms with Crippen LogP contribution in [-0.2, 0) is 0 Å². The topological polar surface area (TPSA) is 43.7 Å². The van der Waals surface area contributed by atoms with E-state index in [1.165, 1.54) is 0 Å². The largest absolute Gasteiger partial charge is 0.393 e. The van der Waals surface area contributed by atoms with Crippen LogP contribution in [0.1, 0.15) is 52.9 Å². The van der Waals surface area contributed by atoms with Gasteiger partial charge in [-0.25, -0.2) is 0 Å². The molecule has 1 heterocycles. The van der Waals surface area contributed by atoms with Crippen molar-refractivity contribution in [2.75, 3.05) is 19.6 Å². The standard InChI is InChI=1S/C16H31NO2/c1-12(18)13-5-8-17(9-6-13)11-14-10-16(2,3)7-4-15(14)19/h12-15,18-19H,4-11H2,1-3H3. The van der Waals surface area contributed by atoms with Crippen LogP contribution in [0.25, 0.3) is 0 Å². The van der Waals surface area contributed by atoms with Crippen LogP contribution in [0.5, 0.6) is 0 Å². The van der Waals surface area contributed by atoms with Gasteiger partial charge >= 0.3 is 0 Å². The maximum absolute atomic E-state index is 10.2. The summed E-state index contributed by atoms with van der Waals surface area (Å²) in [7, 11) is 0. The number of likely N-dealkylation sites (tertiary alicyclic amines) is 1. The van der Waals surface area contributed by atoms with Crippen LogP contribution in [0.4, 0.5) is 0 Å². The zero-order valence-corrected chi connectivity index (χ0v) is 12.8. The Hall–Kier alpha value is -0.120. The summed E-state index contributed by atoms with van der Waals surface area (Å²) in [5.74, 6) is 0.913. The average Bonchev–Trinajstić information content (AvgIpc) is 2.34. The molecule has 0 radical (unpaired) electrons. The minimum absolute atomic E-state index is 0.109. The molecule has 3 atom stereocenters. The lowest BCUT2D eigenvalue weighted by Crippen LogP contribution is -2.44. The highest BCUT2D eigenvalue weighted by atomic mass is 16.3. The van der Waals surface area contributed by atoms with E-state index in [1.807, 2.05) is 6.92 Å². The Balaban J connectivity index is 1.81. The Labute approximate surface area is 118 Å². The third-order valence-electron chi connectivity index (χ3n) is 5.28. The van der Waals surface area contributed by atoms with E-state index in [0.717, 1.165) is 51.7 Å². The van der Waals surface area contributed by atoms with E-state index < -0.39 is 0 Å². The normalized spacial score (nSPS) is 35.2. The van der Waals surface area contributed by atoms with Crippen LogP contribution in [0.3, 0.4) is 0 Å². The average molecular weight is 269 g/mol. The molecule has 2 N–H and O–H groups in total. The van der Waals surface area contributed by atoms with Gasteiger partial charge in [0.25, 0.3) is 0 Å². The number of rotatable bonds is 3.